The molecule has 0 unspecified atom stereocenters. The third-order valence-corrected chi connectivity index (χ3v) is 1.88. The fourth-order valence-corrected chi connectivity index (χ4v) is 1.20. The second kappa shape index (κ2) is 4.97. The summed E-state index contributed by atoms with van der Waals surface area (Å²) in [5.41, 5.74) is 0.294. The number of anilines is 1. The third kappa shape index (κ3) is 2.38. The molecule has 0 fully saturated rings. The molecule has 0 heterocycles. The summed E-state index contributed by atoms with van der Waals surface area (Å²) in [7, 11) is 1.55. The van der Waals surface area contributed by atoms with Crippen LogP contribution in [0.5, 0.6) is 5.75 Å². The molecule has 0 saturated heterocycles. The van der Waals surface area contributed by atoms with E-state index in [1.165, 1.54) is 18.2 Å². The fourth-order valence-electron chi connectivity index (χ4n) is 1.20. The Balaban J connectivity index is 3.18. The molecule has 84 valence electrons. The number of rotatable bonds is 4. The van der Waals surface area contributed by atoms with Crippen LogP contribution in [0.4, 0.5) is 5.69 Å². The van der Waals surface area contributed by atoms with E-state index in [0.29, 0.717) is 0 Å². The van der Waals surface area contributed by atoms with Crippen LogP contribution in [-0.2, 0) is 4.79 Å². The molecule has 0 saturated carbocycles. The number of esters is 1. The third-order valence-electron chi connectivity index (χ3n) is 1.88. The van der Waals surface area contributed by atoms with Crippen LogP contribution in [0.3, 0.4) is 0 Å². The van der Waals surface area contributed by atoms with Crippen molar-refractivity contribution in [1.82, 2.24) is 0 Å². The molecular formula is C11H11NO4. The first-order valence-corrected chi connectivity index (χ1v) is 4.48. The first-order valence-electron chi connectivity index (χ1n) is 4.48. The van der Waals surface area contributed by atoms with Crippen molar-refractivity contribution in [2.24, 2.45) is 0 Å². The van der Waals surface area contributed by atoms with E-state index in [2.05, 4.69) is 11.9 Å². The Bertz CT molecular complexity index is 440. The summed E-state index contributed by atoms with van der Waals surface area (Å²) in [6.45, 7) is 3.26. The van der Waals surface area contributed by atoms with Gasteiger partial charge in [-0.05, 0) is 12.1 Å². The summed E-state index contributed by atoms with van der Waals surface area (Å²) in [6, 6.07) is 4.41. The van der Waals surface area contributed by atoms with Crippen molar-refractivity contribution in [3.05, 3.63) is 36.4 Å². The van der Waals surface area contributed by atoms with Crippen LogP contribution in [0.1, 0.15) is 10.4 Å². The number of carboxylic acids is 1. The van der Waals surface area contributed by atoms with E-state index in [0.717, 1.165) is 6.08 Å². The predicted molar refractivity (Wildman–Crippen MR) is 58.8 cm³/mol. The van der Waals surface area contributed by atoms with E-state index < -0.39 is 11.9 Å². The molecule has 16 heavy (non-hydrogen) atoms. The van der Waals surface area contributed by atoms with Crippen molar-refractivity contribution in [2.75, 3.05) is 12.4 Å². The van der Waals surface area contributed by atoms with Gasteiger partial charge < -0.3 is 15.2 Å². The Kier molecular flexibility index (Phi) is 3.66. The highest BCUT2D eigenvalue weighted by molar-refractivity contribution is 5.96. The van der Waals surface area contributed by atoms with Gasteiger partial charge in [0.05, 0.1) is 11.3 Å². The Morgan fingerprint density at radius 3 is 2.69 bits per heavy atom. The molecule has 0 radical (unpaired) electrons. The van der Waals surface area contributed by atoms with E-state index in [1.807, 2.05) is 0 Å². The minimum absolute atomic E-state index is 0.0388. The Hall–Kier alpha value is -2.30. The molecule has 0 spiro atoms. The van der Waals surface area contributed by atoms with E-state index in [4.69, 9.17) is 9.84 Å². The molecule has 1 aromatic carbocycles. The lowest BCUT2D eigenvalue weighted by molar-refractivity contribution is -0.128. The number of hydrogen-bond donors (Lipinski definition) is 2. The number of carboxylic acid groups (broad SMARTS) is 1. The fraction of sp³-hybridized carbons (Fsp3) is 0.0909. The number of ether oxygens (including phenoxy) is 1. The zero-order chi connectivity index (χ0) is 12.1. The van der Waals surface area contributed by atoms with E-state index >= 15 is 0 Å². The summed E-state index contributed by atoms with van der Waals surface area (Å²) < 4.78 is 4.89. The van der Waals surface area contributed by atoms with Gasteiger partial charge in [0.25, 0.3) is 0 Å². The molecule has 1 rings (SSSR count). The molecule has 0 aliphatic heterocycles. The highest BCUT2D eigenvalue weighted by Gasteiger charge is 2.14. The van der Waals surface area contributed by atoms with Crippen molar-refractivity contribution in [1.29, 1.82) is 0 Å². The summed E-state index contributed by atoms with van der Waals surface area (Å²) >= 11 is 0. The number of carbonyl (C=O) groups excluding carboxylic acids is 1. The van der Waals surface area contributed by atoms with Gasteiger partial charge in [-0.2, -0.15) is 0 Å². The number of carbonyl (C=O) groups is 2. The maximum Gasteiger partial charge on any atom is 0.337 e. The van der Waals surface area contributed by atoms with Gasteiger partial charge in [0, 0.05) is 13.1 Å². The van der Waals surface area contributed by atoms with Gasteiger partial charge in [0.15, 0.2) is 5.75 Å². The molecule has 5 nitrogen and oxygen atoms in total. The van der Waals surface area contributed by atoms with Crippen LogP contribution >= 0.6 is 0 Å². The molecule has 0 aliphatic rings. The van der Waals surface area contributed by atoms with Crippen LogP contribution in [0, 0.1) is 0 Å². The van der Waals surface area contributed by atoms with E-state index in [9.17, 15) is 9.59 Å². The highest BCUT2D eigenvalue weighted by atomic mass is 16.5. The molecule has 1 aromatic rings. The molecule has 2 N–H and O–H groups in total. The van der Waals surface area contributed by atoms with Gasteiger partial charge in [-0.1, -0.05) is 12.6 Å². The monoisotopic (exact) mass is 221 g/mol. The number of nitrogens with one attached hydrogen (secondary N) is 1. The summed E-state index contributed by atoms with van der Waals surface area (Å²) in [4.78, 5) is 21.9. The lowest BCUT2D eigenvalue weighted by Crippen LogP contribution is -2.09. The largest absolute Gasteiger partial charge is 0.478 e. The lowest BCUT2D eigenvalue weighted by Gasteiger charge is -2.10. The van der Waals surface area contributed by atoms with E-state index in [-0.39, 0.29) is 17.0 Å². The van der Waals surface area contributed by atoms with Gasteiger partial charge in [-0.15, -0.1) is 0 Å². The van der Waals surface area contributed by atoms with Crippen LogP contribution in [0.15, 0.2) is 30.9 Å². The van der Waals surface area contributed by atoms with Crippen molar-refractivity contribution in [3.8, 4) is 5.75 Å². The smallest absolute Gasteiger partial charge is 0.337 e. The van der Waals surface area contributed by atoms with Crippen molar-refractivity contribution >= 4 is 17.6 Å². The van der Waals surface area contributed by atoms with Crippen LogP contribution in [0.2, 0.25) is 0 Å². The van der Waals surface area contributed by atoms with Crippen LogP contribution in [0.25, 0.3) is 0 Å². The number of hydrogen-bond acceptors (Lipinski definition) is 4. The molecular weight excluding hydrogens is 210 g/mol. The molecule has 0 atom stereocenters. The van der Waals surface area contributed by atoms with Crippen molar-refractivity contribution in [3.63, 3.8) is 0 Å². The average Bonchev–Trinajstić information content (AvgIpc) is 2.28. The average molecular weight is 221 g/mol. The topological polar surface area (TPSA) is 75.6 Å². The van der Waals surface area contributed by atoms with Gasteiger partial charge in [0.1, 0.15) is 0 Å². The van der Waals surface area contributed by atoms with Gasteiger partial charge >= 0.3 is 11.9 Å². The summed E-state index contributed by atoms with van der Waals surface area (Å²) in [5.74, 6) is -1.58. The SMILES string of the molecule is C=CC(=O)Oc1cccc(C(=O)O)c1NC. The lowest BCUT2D eigenvalue weighted by atomic mass is 10.1. The number of benzene rings is 1. The summed E-state index contributed by atoms with van der Waals surface area (Å²) in [5, 5.41) is 11.6. The van der Waals surface area contributed by atoms with Crippen molar-refractivity contribution < 1.29 is 19.4 Å². The second-order valence-electron chi connectivity index (χ2n) is 2.86. The van der Waals surface area contributed by atoms with Crippen LogP contribution in [-0.4, -0.2) is 24.1 Å². The number of aromatic carboxylic acids is 1. The molecule has 0 amide bonds. The Morgan fingerprint density at radius 1 is 1.50 bits per heavy atom. The molecule has 5 heteroatoms. The normalized spacial score (nSPS) is 9.31. The van der Waals surface area contributed by atoms with Crippen LogP contribution < -0.4 is 10.1 Å². The highest BCUT2D eigenvalue weighted by Crippen LogP contribution is 2.28. The first-order chi connectivity index (χ1) is 7.60. The maximum atomic E-state index is 11.0. The maximum absolute atomic E-state index is 11.0. The number of para-hydroxylation sites is 1. The first kappa shape index (κ1) is 11.8. The quantitative estimate of drug-likeness (QED) is 0.458. The minimum atomic E-state index is -1.10. The predicted octanol–water partition coefficient (Wildman–Crippen LogP) is 1.52. The molecule has 0 aromatic heterocycles. The Morgan fingerprint density at radius 2 is 2.19 bits per heavy atom. The molecule has 0 bridgehead atoms. The Labute approximate surface area is 92.3 Å². The second-order valence-corrected chi connectivity index (χ2v) is 2.86. The van der Waals surface area contributed by atoms with Gasteiger partial charge in [0.2, 0.25) is 0 Å². The zero-order valence-corrected chi connectivity index (χ0v) is 8.69. The van der Waals surface area contributed by atoms with E-state index in [1.54, 1.807) is 7.05 Å². The van der Waals surface area contributed by atoms with Crippen molar-refractivity contribution in [2.45, 2.75) is 0 Å². The zero-order valence-electron chi connectivity index (χ0n) is 8.69. The van der Waals surface area contributed by atoms with Gasteiger partial charge in [-0.3, -0.25) is 0 Å². The van der Waals surface area contributed by atoms with Gasteiger partial charge in [-0.25, -0.2) is 9.59 Å². The summed E-state index contributed by atoms with van der Waals surface area (Å²) in [6.07, 6.45) is 1.01. The molecule has 0 aliphatic carbocycles. The minimum Gasteiger partial charge on any atom is -0.478 e. The standard InChI is InChI=1S/C11H11NO4/c1-3-9(13)16-8-6-4-5-7(11(14)15)10(8)12-2/h3-6,12H,1H2,2H3,(H,14,15).